The standard InChI is InChI=1S/C11H9BrN2O3/c1-16-8-4-6(10(15)17-2)3-7-5-13-11(12)14-9(7)8/h3-5H,1-2H3. The van der Waals surface area contributed by atoms with Crippen LogP contribution in [0.25, 0.3) is 10.9 Å². The fourth-order valence-corrected chi connectivity index (χ4v) is 1.76. The smallest absolute Gasteiger partial charge is 0.338 e. The van der Waals surface area contributed by atoms with Crippen LogP contribution in [0, 0.1) is 0 Å². The third-order valence-corrected chi connectivity index (χ3v) is 2.64. The van der Waals surface area contributed by atoms with Gasteiger partial charge in [0.15, 0.2) is 4.73 Å². The number of aromatic nitrogens is 2. The van der Waals surface area contributed by atoms with Gasteiger partial charge >= 0.3 is 5.97 Å². The van der Waals surface area contributed by atoms with Crippen LogP contribution in [-0.2, 0) is 4.74 Å². The van der Waals surface area contributed by atoms with Crippen LogP contribution >= 0.6 is 15.9 Å². The normalized spacial score (nSPS) is 10.3. The van der Waals surface area contributed by atoms with E-state index >= 15 is 0 Å². The molecule has 0 atom stereocenters. The molecule has 0 aliphatic carbocycles. The molecule has 0 N–H and O–H groups in total. The van der Waals surface area contributed by atoms with Gasteiger partial charge in [-0.25, -0.2) is 14.8 Å². The maximum absolute atomic E-state index is 11.5. The number of hydrogen-bond donors (Lipinski definition) is 0. The van der Waals surface area contributed by atoms with Gasteiger partial charge in [-0.15, -0.1) is 0 Å². The molecule has 5 nitrogen and oxygen atoms in total. The third kappa shape index (κ3) is 2.21. The predicted octanol–water partition coefficient (Wildman–Crippen LogP) is 2.19. The summed E-state index contributed by atoms with van der Waals surface area (Å²) in [6, 6.07) is 3.25. The minimum Gasteiger partial charge on any atom is -0.494 e. The minimum absolute atomic E-state index is 0.405. The summed E-state index contributed by atoms with van der Waals surface area (Å²) in [4.78, 5) is 19.7. The molecule has 0 fully saturated rings. The first-order valence-corrected chi connectivity index (χ1v) is 5.53. The summed E-state index contributed by atoms with van der Waals surface area (Å²) in [6.07, 6.45) is 1.61. The second-order valence-corrected chi connectivity index (χ2v) is 3.96. The van der Waals surface area contributed by atoms with Crippen molar-refractivity contribution in [1.82, 2.24) is 9.97 Å². The molecule has 0 aliphatic heterocycles. The first-order valence-electron chi connectivity index (χ1n) is 4.74. The molecule has 1 heterocycles. The number of methoxy groups -OCH3 is 2. The maximum atomic E-state index is 11.5. The van der Waals surface area contributed by atoms with Gasteiger partial charge in [-0.2, -0.15) is 0 Å². The van der Waals surface area contributed by atoms with Crippen molar-refractivity contribution in [1.29, 1.82) is 0 Å². The Kier molecular flexibility index (Phi) is 3.23. The Balaban J connectivity index is 2.70. The lowest BCUT2D eigenvalue weighted by atomic mass is 10.1. The number of nitrogens with zero attached hydrogens (tertiary/aromatic N) is 2. The molecule has 88 valence electrons. The molecule has 0 saturated heterocycles. The monoisotopic (exact) mass is 296 g/mol. The van der Waals surface area contributed by atoms with Crippen molar-refractivity contribution in [3.8, 4) is 5.75 Å². The van der Waals surface area contributed by atoms with Gasteiger partial charge in [0.25, 0.3) is 0 Å². The minimum atomic E-state index is -0.423. The van der Waals surface area contributed by atoms with Crippen molar-refractivity contribution in [2.45, 2.75) is 0 Å². The number of carbonyl (C=O) groups is 1. The fourth-order valence-electron chi connectivity index (χ4n) is 1.48. The summed E-state index contributed by atoms with van der Waals surface area (Å²) in [6.45, 7) is 0. The van der Waals surface area contributed by atoms with E-state index in [1.165, 1.54) is 14.2 Å². The topological polar surface area (TPSA) is 61.3 Å². The van der Waals surface area contributed by atoms with Crippen molar-refractivity contribution in [3.05, 3.63) is 28.6 Å². The summed E-state index contributed by atoms with van der Waals surface area (Å²) in [7, 11) is 2.85. The molecular weight excluding hydrogens is 288 g/mol. The van der Waals surface area contributed by atoms with Gasteiger partial charge in [-0.05, 0) is 28.1 Å². The number of carbonyl (C=O) groups excluding carboxylic acids is 1. The quantitative estimate of drug-likeness (QED) is 0.628. The Bertz CT molecular complexity index is 586. The first kappa shape index (κ1) is 11.8. The summed E-state index contributed by atoms with van der Waals surface area (Å²) >= 11 is 3.19. The van der Waals surface area contributed by atoms with Crippen LogP contribution in [0.2, 0.25) is 0 Å². The van der Waals surface area contributed by atoms with Crippen molar-refractivity contribution in [3.63, 3.8) is 0 Å². The molecule has 0 bridgehead atoms. The molecule has 0 amide bonds. The second-order valence-electron chi connectivity index (χ2n) is 3.25. The van der Waals surface area contributed by atoms with E-state index in [2.05, 4.69) is 30.6 Å². The van der Waals surface area contributed by atoms with Gasteiger partial charge in [0.05, 0.1) is 19.8 Å². The number of fused-ring (bicyclic) bond motifs is 1. The van der Waals surface area contributed by atoms with Crippen LogP contribution in [0.1, 0.15) is 10.4 Å². The lowest BCUT2D eigenvalue weighted by molar-refractivity contribution is 0.0600. The number of hydrogen-bond acceptors (Lipinski definition) is 5. The zero-order chi connectivity index (χ0) is 12.4. The van der Waals surface area contributed by atoms with Crippen LogP contribution in [0.5, 0.6) is 5.75 Å². The molecule has 0 aliphatic rings. The second kappa shape index (κ2) is 4.67. The molecule has 6 heteroatoms. The van der Waals surface area contributed by atoms with Crippen LogP contribution < -0.4 is 4.74 Å². The Morgan fingerprint density at radius 3 is 2.76 bits per heavy atom. The molecule has 0 spiro atoms. The fraction of sp³-hybridized carbons (Fsp3) is 0.182. The van der Waals surface area contributed by atoms with Gasteiger partial charge in [0.2, 0.25) is 0 Å². The zero-order valence-corrected chi connectivity index (χ0v) is 10.8. The van der Waals surface area contributed by atoms with Gasteiger partial charge in [-0.3, -0.25) is 0 Å². The molecule has 1 aromatic carbocycles. The van der Waals surface area contributed by atoms with Crippen molar-refractivity contribution < 1.29 is 14.3 Å². The molecule has 0 unspecified atom stereocenters. The molecule has 17 heavy (non-hydrogen) atoms. The summed E-state index contributed by atoms with van der Waals surface area (Å²) in [5.74, 6) is 0.0825. The van der Waals surface area contributed by atoms with Gasteiger partial charge in [0, 0.05) is 11.6 Å². The average Bonchev–Trinajstić information content (AvgIpc) is 2.36. The first-order chi connectivity index (χ1) is 8.15. The van der Waals surface area contributed by atoms with E-state index in [1.807, 2.05) is 0 Å². The van der Waals surface area contributed by atoms with E-state index in [0.717, 1.165) is 0 Å². The number of esters is 1. The summed E-state index contributed by atoms with van der Waals surface area (Å²) in [5, 5.41) is 0.716. The van der Waals surface area contributed by atoms with E-state index in [-0.39, 0.29) is 0 Å². The van der Waals surface area contributed by atoms with E-state index in [4.69, 9.17) is 4.74 Å². The average molecular weight is 297 g/mol. The Morgan fingerprint density at radius 1 is 1.35 bits per heavy atom. The SMILES string of the molecule is COC(=O)c1cc(OC)c2nc(Br)ncc2c1. The van der Waals surface area contributed by atoms with E-state index < -0.39 is 5.97 Å². The van der Waals surface area contributed by atoms with Crippen molar-refractivity contribution >= 4 is 32.8 Å². The van der Waals surface area contributed by atoms with Crippen LogP contribution in [0.3, 0.4) is 0 Å². The lowest BCUT2D eigenvalue weighted by Crippen LogP contribution is -2.02. The molecule has 0 radical (unpaired) electrons. The number of rotatable bonds is 2. The van der Waals surface area contributed by atoms with Crippen molar-refractivity contribution in [2.75, 3.05) is 14.2 Å². The highest BCUT2D eigenvalue weighted by Crippen LogP contribution is 2.26. The van der Waals surface area contributed by atoms with Gasteiger partial charge < -0.3 is 9.47 Å². The van der Waals surface area contributed by atoms with Gasteiger partial charge in [0.1, 0.15) is 11.3 Å². The van der Waals surface area contributed by atoms with E-state index in [1.54, 1.807) is 18.3 Å². The van der Waals surface area contributed by atoms with Crippen molar-refractivity contribution in [2.24, 2.45) is 0 Å². The number of ether oxygens (including phenoxy) is 2. The van der Waals surface area contributed by atoms with Crippen LogP contribution in [0.15, 0.2) is 23.1 Å². The third-order valence-electron chi connectivity index (χ3n) is 2.26. The largest absolute Gasteiger partial charge is 0.494 e. The van der Waals surface area contributed by atoms with Crippen LogP contribution in [0.4, 0.5) is 0 Å². The van der Waals surface area contributed by atoms with Crippen LogP contribution in [-0.4, -0.2) is 30.2 Å². The summed E-state index contributed by atoms with van der Waals surface area (Å²) < 4.78 is 10.3. The highest BCUT2D eigenvalue weighted by atomic mass is 79.9. The summed E-state index contributed by atoms with van der Waals surface area (Å²) in [5.41, 5.74) is 1.05. The predicted molar refractivity (Wildman–Crippen MR) is 65.1 cm³/mol. The molecular formula is C11H9BrN2O3. The highest BCUT2D eigenvalue weighted by Gasteiger charge is 2.12. The number of halogens is 1. The Labute approximate surface area is 106 Å². The molecule has 2 aromatic rings. The lowest BCUT2D eigenvalue weighted by Gasteiger charge is -2.07. The van der Waals surface area contributed by atoms with Gasteiger partial charge in [-0.1, -0.05) is 0 Å². The molecule has 1 aromatic heterocycles. The highest BCUT2D eigenvalue weighted by molar-refractivity contribution is 9.10. The Hall–Kier alpha value is -1.69. The number of benzene rings is 1. The zero-order valence-electron chi connectivity index (χ0n) is 9.23. The van der Waals surface area contributed by atoms with E-state index in [0.29, 0.717) is 26.9 Å². The van der Waals surface area contributed by atoms with E-state index in [9.17, 15) is 4.79 Å². The molecule has 2 rings (SSSR count). The Morgan fingerprint density at radius 2 is 2.12 bits per heavy atom. The molecule has 0 saturated carbocycles. The maximum Gasteiger partial charge on any atom is 0.338 e.